The molecular weight excluding hydrogens is 292 g/mol. The molecule has 0 bridgehead atoms. The van der Waals surface area contributed by atoms with E-state index in [-0.39, 0.29) is 11.8 Å². The lowest BCUT2D eigenvalue weighted by Gasteiger charge is -2.45. The maximum Gasteiger partial charge on any atom is 0.247 e. The fraction of sp³-hybridized carbons (Fsp3) is 0.692. The van der Waals surface area contributed by atoms with Crippen LogP contribution >= 0.6 is 0 Å². The zero-order valence-corrected chi connectivity index (χ0v) is 12.5. The predicted molar refractivity (Wildman–Crippen MR) is 74.1 cm³/mol. The van der Waals surface area contributed by atoms with Crippen LogP contribution in [0, 0.1) is 0 Å². The van der Waals surface area contributed by atoms with Crippen LogP contribution in [-0.4, -0.2) is 63.9 Å². The summed E-state index contributed by atoms with van der Waals surface area (Å²) >= 11 is 0. The molecule has 4 atom stereocenters. The van der Waals surface area contributed by atoms with E-state index in [4.69, 9.17) is 5.73 Å². The molecule has 0 aliphatic carbocycles. The highest BCUT2D eigenvalue weighted by Crippen LogP contribution is 2.38. The second-order valence-electron chi connectivity index (χ2n) is 5.79. The van der Waals surface area contributed by atoms with Gasteiger partial charge in [0.15, 0.2) is 0 Å². The molecule has 5 N–H and O–H groups in total. The molecule has 122 valence electrons. The number of carbonyl (C=O) groups excluding carboxylic acids is 4. The van der Waals surface area contributed by atoms with Crippen molar-refractivity contribution in [3.8, 4) is 0 Å². The number of β-lactam (4-membered cyclic amide) rings is 1. The molecule has 1 spiro atoms. The van der Waals surface area contributed by atoms with E-state index in [1.165, 1.54) is 18.7 Å². The molecule has 2 heterocycles. The second kappa shape index (κ2) is 5.56. The van der Waals surface area contributed by atoms with Crippen LogP contribution in [0.25, 0.3) is 0 Å². The molecule has 0 aromatic carbocycles. The van der Waals surface area contributed by atoms with Crippen LogP contribution in [0.3, 0.4) is 0 Å². The van der Waals surface area contributed by atoms with Gasteiger partial charge in [0.2, 0.25) is 23.6 Å². The molecule has 0 saturated carbocycles. The molecule has 22 heavy (non-hydrogen) atoms. The van der Waals surface area contributed by atoms with Crippen LogP contribution in [0.2, 0.25) is 0 Å². The van der Waals surface area contributed by atoms with Crippen molar-refractivity contribution < 1.29 is 24.3 Å². The molecule has 2 saturated heterocycles. The zero-order chi connectivity index (χ0) is 16.7. The van der Waals surface area contributed by atoms with E-state index in [1.807, 2.05) is 0 Å². The molecule has 9 heteroatoms. The normalized spacial score (nSPS) is 29.5. The summed E-state index contributed by atoms with van der Waals surface area (Å²) in [5.74, 6) is -2.14. The Labute approximate surface area is 127 Å². The highest BCUT2D eigenvalue weighted by atomic mass is 16.3. The fourth-order valence-corrected chi connectivity index (χ4v) is 3.13. The minimum atomic E-state index is -1.24. The molecular formula is C13H20N4O5. The largest absolute Gasteiger partial charge is 0.391 e. The van der Waals surface area contributed by atoms with Crippen molar-refractivity contribution in [2.45, 2.75) is 50.4 Å². The van der Waals surface area contributed by atoms with Gasteiger partial charge < -0.3 is 26.4 Å². The Bertz CT molecular complexity index is 535. The van der Waals surface area contributed by atoms with Gasteiger partial charge in [-0.05, 0) is 19.8 Å². The number of aliphatic hydroxyl groups is 1. The quantitative estimate of drug-likeness (QED) is 0.415. The summed E-state index contributed by atoms with van der Waals surface area (Å²) in [5, 5.41) is 14.4. The van der Waals surface area contributed by atoms with Crippen molar-refractivity contribution in [2.24, 2.45) is 5.73 Å². The number of carbonyl (C=O) groups is 4. The lowest BCUT2D eigenvalue weighted by molar-refractivity contribution is -0.155. The van der Waals surface area contributed by atoms with Crippen molar-refractivity contribution in [3.05, 3.63) is 0 Å². The van der Waals surface area contributed by atoms with E-state index in [0.717, 1.165) is 0 Å². The summed E-state index contributed by atoms with van der Waals surface area (Å²) in [6.45, 7) is 2.93. The Balaban J connectivity index is 2.17. The van der Waals surface area contributed by atoms with Crippen LogP contribution < -0.4 is 16.4 Å². The maximum absolute atomic E-state index is 12.4. The van der Waals surface area contributed by atoms with E-state index in [1.54, 1.807) is 0 Å². The number of nitrogens with one attached hydrogen (secondary N) is 2. The fourth-order valence-electron chi connectivity index (χ4n) is 3.13. The Morgan fingerprint density at radius 3 is 2.50 bits per heavy atom. The number of hydrogen-bond acceptors (Lipinski definition) is 5. The minimum absolute atomic E-state index is 0.278. The summed E-state index contributed by atoms with van der Waals surface area (Å²) in [5.41, 5.74) is 4.16. The smallest absolute Gasteiger partial charge is 0.247 e. The van der Waals surface area contributed by atoms with Crippen LogP contribution in [-0.2, 0) is 19.2 Å². The lowest BCUT2D eigenvalue weighted by Crippen LogP contribution is -2.73. The van der Waals surface area contributed by atoms with Crippen LogP contribution in [0.15, 0.2) is 0 Å². The first kappa shape index (κ1) is 16.2. The van der Waals surface area contributed by atoms with E-state index < -0.39 is 35.5 Å². The van der Waals surface area contributed by atoms with E-state index in [2.05, 4.69) is 10.6 Å². The molecule has 0 radical (unpaired) electrons. The summed E-state index contributed by atoms with van der Waals surface area (Å²) in [6.07, 6.45) is -0.467. The lowest BCUT2D eigenvalue weighted by atomic mass is 9.88. The van der Waals surface area contributed by atoms with Gasteiger partial charge in [0.05, 0.1) is 12.6 Å². The topological polar surface area (TPSA) is 142 Å². The monoisotopic (exact) mass is 312 g/mol. The van der Waals surface area contributed by atoms with Gasteiger partial charge >= 0.3 is 0 Å². The summed E-state index contributed by atoms with van der Waals surface area (Å²) in [7, 11) is 0. The zero-order valence-electron chi connectivity index (χ0n) is 12.5. The predicted octanol–water partition coefficient (Wildman–Crippen LogP) is -2.78. The van der Waals surface area contributed by atoms with E-state index >= 15 is 0 Å². The van der Waals surface area contributed by atoms with E-state index in [0.29, 0.717) is 19.4 Å². The number of rotatable bonds is 4. The highest BCUT2D eigenvalue weighted by molar-refractivity contribution is 6.00. The molecule has 2 aliphatic rings. The molecule has 0 aromatic heterocycles. The average molecular weight is 312 g/mol. The summed E-state index contributed by atoms with van der Waals surface area (Å²) in [6, 6.07) is -2.10. The first-order chi connectivity index (χ1) is 10.2. The highest BCUT2D eigenvalue weighted by Gasteiger charge is 2.59. The number of primary amides is 1. The number of amides is 4. The minimum Gasteiger partial charge on any atom is -0.391 e. The third-order valence-electron chi connectivity index (χ3n) is 4.30. The Hall–Kier alpha value is -2.16. The number of aliphatic hydroxyl groups excluding tert-OH is 1. The molecule has 2 aliphatic heterocycles. The number of hydrogen-bond donors (Lipinski definition) is 4. The SMILES string of the molecule is CC(=O)N1C(C(=O)NC(C(N)=O)C(C)O)CCC12CNC2=O. The molecule has 0 aromatic rings. The third kappa shape index (κ3) is 2.41. The molecule has 2 fully saturated rings. The first-order valence-corrected chi connectivity index (χ1v) is 7.06. The first-order valence-electron chi connectivity index (χ1n) is 7.06. The van der Waals surface area contributed by atoms with Gasteiger partial charge in [0, 0.05) is 6.92 Å². The van der Waals surface area contributed by atoms with Gasteiger partial charge in [-0.25, -0.2) is 0 Å². The van der Waals surface area contributed by atoms with Gasteiger partial charge in [-0.3, -0.25) is 19.2 Å². The van der Waals surface area contributed by atoms with Crippen molar-refractivity contribution in [3.63, 3.8) is 0 Å². The molecule has 2 rings (SSSR count). The summed E-state index contributed by atoms with van der Waals surface area (Å²) < 4.78 is 0. The maximum atomic E-state index is 12.4. The van der Waals surface area contributed by atoms with E-state index in [9.17, 15) is 24.3 Å². The van der Waals surface area contributed by atoms with Gasteiger partial charge in [0.1, 0.15) is 17.6 Å². The van der Waals surface area contributed by atoms with Gasteiger partial charge in [-0.2, -0.15) is 0 Å². The molecule has 9 nitrogen and oxygen atoms in total. The van der Waals surface area contributed by atoms with Crippen molar-refractivity contribution in [2.75, 3.05) is 6.54 Å². The van der Waals surface area contributed by atoms with Gasteiger partial charge in [-0.15, -0.1) is 0 Å². The standard InChI is InChI=1S/C13H20N4O5/c1-6(18)9(10(14)20)16-11(21)8-3-4-13(5-15-12(13)22)17(8)7(2)19/h6,8-9,18H,3-5H2,1-2H3,(H2,14,20)(H,15,22)(H,16,21). The number of nitrogens with two attached hydrogens (primary N) is 1. The Kier molecular flexibility index (Phi) is 4.10. The number of likely N-dealkylation sites (tertiary alicyclic amines) is 1. The van der Waals surface area contributed by atoms with Gasteiger partial charge in [0.25, 0.3) is 0 Å². The number of nitrogens with zero attached hydrogens (tertiary/aromatic N) is 1. The third-order valence-corrected chi connectivity index (χ3v) is 4.30. The molecule has 4 amide bonds. The average Bonchev–Trinajstić information content (AvgIpc) is 2.84. The van der Waals surface area contributed by atoms with Gasteiger partial charge in [-0.1, -0.05) is 0 Å². The summed E-state index contributed by atoms with van der Waals surface area (Å²) in [4.78, 5) is 48.6. The Morgan fingerprint density at radius 2 is 2.14 bits per heavy atom. The van der Waals surface area contributed by atoms with Crippen LogP contribution in [0.5, 0.6) is 0 Å². The van der Waals surface area contributed by atoms with Crippen LogP contribution in [0.1, 0.15) is 26.7 Å². The van der Waals surface area contributed by atoms with Crippen molar-refractivity contribution in [1.82, 2.24) is 15.5 Å². The molecule has 4 unspecified atom stereocenters. The Morgan fingerprint density at radius 1 is 1.50 bits per heavy atom. The second-order valence-corrected chi connectivity index (χ2v) is 5.79. The van der Waals surface area contributed by atoms with Crippen LogP contribution in [0.4, 0.5) is 0 Å². The van der Waals surface area contributed by atoms with Crippen molar-refractivity contribution >= 4 is 23.6 Å². The van der Waals surface area contributed by atoms with Crippen molar-refractivity contribution in [1.29, 1.82) is 0 Å².